The summed E-state index contributed by atoms with van der Waals surface area (Å²) in [6.45, 7) is 0.618. The van der Waals surface area contributed by atoms with Crippen molar-refractivity contribution in [3.05, 3.63) is 36.3 Å². The molecule has 0 aromatic carbocycles. The van der Waals surface area contributed by atoms with E-state index in [4.69, 9.17) is 4.74 Å². The van der Waals surface area contributed by atoms with E-state index in [2.05, 4.69) is 20.3 Å². The molecule has 0 radical (unpaired) electrons. The van der Waals surface area contributed by atoms with Gasteiger partial charge in [0.05, 0.1) is 6.10 Å². The Hall–Kier alpha value is -2.22. The number of anilines is 1. The molecule has 4 rings (SSSR count). The standard InChI is InChI=1S/C18H19F3N4O/c19-18(20,21)15-10-16(25-17(24-15)12-3-6-22-7-4-12)23-13-5-8-26-14(9-13)11-1-2-11/h3-4,6-7,10-11,13-14H,1-2,5,8-9H2,(H,23,24,25). The third kappa shape index (κ3) is 3.95. The van der Waals surface area contributed by atoms with Crippen molar-refractivity contribution in [2.75, 3.05) is 11.9 Å². The van der Waals surface area contributed by atoms with E-state index < -0.39 is 11.9 Å². The van der Waals surface area contributed by atoms with Crippen LogP contribution in [0, 0.1) is 5.92 Å². The van der Waals surface area contributed by atoms with Crippen molar-refractivity contribution in [3.8, 4) is 11.4 Å². The highest BCUT2D eigenvalue weighted by Crippen LogP contribution is 2.38. The Morgan fingerprint density at radius 1 is 1.08 bits per heavy atom. The zero-order valence-corrected chi connectivity index (χ0v) is 14.0. The van der Waals surface area contributed by atoms with Crippen LogP contribution in [0.2, 0.25) is 0 Å². The molecule has 2 fully saturated rings. The molecule has 26 heavy (non-hydrogen) atoms. The van der Waals surface area contributed by atoms with Crippen molar-refractivity contribution in [3.63, 3.8) is 0 Å². The molecule has 0 spiro atoms. The van der Waals surface area contributed by atoms with Gasteiger partial charge in [-0.1, -0.05) is 0 Å². The van der Waals surface area contributed by atoms with Gasteiger partial charge in [0.1, 0.15) is 5.82 Å². The number of hydrogen-bond donors (Lipinski definition) is 1. The van der Waals surface area contributed by atoms with Crippen molar-refractivity contribution >= 4 is 5.82 Å². The number of nitrogens with one attached hydrogen (secondary N) is 1. The topological polar surface area (TPSA) is 59.9 Å². The highest BCUT2D eigenvalue weighted by molar-refractivity contribution is 5.57. The molecule has 2 aliphatic rings. The average molecular weight is 364 g/mol. The van der Waals surface area contributed by atoms with E-state index in [0.717, 1.165) is 18.9 Å². The predicted molar refractivity (Wildman–Crippen MR) is 89.4 cm³/mol. The van der Waals surface area contributed by atoms with Crippen LogP contribution < -0.4 is 5.32 Å². The third-order valence-electron chi connectivity index (χ3n) is 4.77. The van der Waals surface area contributed by atoms with E-state index in [0.29, 0.717) is 18.1 Å². The number of pyridine rings is 1. The van der Waals surface area contributed by atoms with Crippen LogP contribution in [-0.4, -0.2) is 33.7 Å². The van der Waals surface area contributed by atoms with Crippen molar-refractivity contribution in [2.24, 2.45) is 5.92 Å². The minimum atomic E-state index is -4.53. The van der Waals surface area contributed by atoms with Crippen LogP contribution in [0.25, 0.3) is 11.4 Å². The normalized spacial score (nSPS) is 23.7. The molecule has 2 aromatic heterocycles. The summed E-state index contributed by atoms with van der Waals surface area (Å²) in [5.41, 5.74) is -0.454. The molecule has 0 amide bonds. The number of nitrogens with zero attached hydrogens (tertiary/aromatic N) is 3. The lowest BCUT2D eigenvalue weighted by atomic mass is 10.00. The maximum atomic E-state index is 13.3. The largest absolute Gasteiger partial charge is 0.433 e. The molecule has 138 valence electrons. The zero-order chi connectivity index (χ0) is 18.1. The number of hydrogen-bond acceptors (Lipinski definition) is 5. The van der Waals surface area contributed by atoms with E-state index in [1.54, 1.807) is 12.1 Å². The predicted octanol–water partition coefficient (Wildman–Crippen LogP) is 3.93. The summed E-state index contributed by atoms with van der Waals surface area (Å²) in [4.78, 5) is 11.9. The Bertz CT molecular complexity index is 765. The second kappa shape index (κ2) is 6.83. The highest BCUT2D eigenvalue weighted by Gasteiger charge is 2.37. The summed E-state index contributed by atoms with van der Waals surface area (Å²) in [6.07, 6.45) is 2.57. The summed E-state index contributed by atoms with van der Waals surface area (Å²) >= 11 is 0. The molecular weight excluding hydrogens is 345 g/mol. The first-order chi connectivity index (χ1) is 12.5. The molecular formula is C18H19F3N4O. The Balaban J connectivity index is 1.60. The van der Waals surface area contributed by atoms with Gasteiger partial charge in [0.15, 0.2) is 11.5 Å². The molecule has 2 unspecified atom stereocenters. The first-order valence-electron chi connectivity index (χ1n) is 8.74. The van der Waals surface area contributed by atoms with Gasteiger partial charge in [-0.2, -0.15) is 13.2 Å². The van der Waals surface area contributed by atoms with E-state index >= 15 is 0 Å². The third-order valence-corrected chi connectivity index (χ3v) is 4.77. The SMILES string of the molecule is FC(F)(F)c1cc(NC2CCOC(C3CC3)C2)nc(-c2ccncc2)n1. The summed E-state index contributed by atoms with van der Waals surface area (Å²) in [5.74, 6) is 0.833. The maximum Gasteiger partial charge on any atom is 0.433 e. The highest BCUT2D eigenvalue weighted by atomic mass is 19.4. The van der Waals surface area contributed by atoms with Crippen LogP contribution in [-0.2, 0) is 10.9 Å². The van der Waals surface area contributed by atoms with E-state index in [1.807, 2.05) is 0 Å². The van der Waals surface area contributed by atoms with Gasteiger partial charge < -0.3 is 10.1 Å². The Morgan fingerprint density at radius 3 is 2.54 bits per heavy atom. The number of halogens is 3. The smallest absolute Gasteiger partial charge is 0.378 e. The maximum absolute atomic E-state index is 13.3. The van der Waals surface area contributed by atoms with Crippen LogP contribution in [0.5, 0.6) is 0 Å². The van der Waals surface area contributed by atoms with E-state index in [-0.39, 0.29) is 23.8 Å². The first-order valence-corrected chi connectivity index (χ1v) is 8.74. The fourth-order valence-electron chi connectivity index (χ4n) is 3.26. The molecule has 3 heterocycles. The van der Waals surface area contributed by atoms with Crippen LogP contribution >= 0.6 is 0 Å². The summed E-state index contributed by atoms with van der Waals surface area (Å²) in [6, 6.07) is 4.22. The van der Waals surface area contributed by atoms with E-state index in [9.17, 15) is 13.2 Å². The molecule has 1 aliphatic carbocycles. The molecule has 1 aliphatic heterocycles. The first kappa shape index (κ1) is 17.2. The molecule has 2 atom stereocenters. The Labute approximate surface area is 149 Å². The van der Waals surface area contributed by atoms with Gasteiger partial charge in [-0.15, -0.1) is 0 Å². The fraction of sp³-hybridized carbons (Fsp3) is 0.500. The number of aromatic nitrogens is 3. The van der Waals surface area contributed by atoms with E-state index in [1.165, 1.54) is 25.2 Å². The van der Waals surface area contributed by atoms with Crippen LogP contribution in [0.15, 0.2) is 30.6 Å². The van der Waals surface area contributed by atoms with Gasteiger partial charge in [0.25, 0.3) is 0 Å². The minimum Gasteiger partial charge on any atom is -0.378 e. The Morgan fingerprint density at radius 2 is 1.85 bits per heavy atom. The van der Waals surface area contributed by atoms with Crippen LogP contribution in [0.3, 0.4) is 0 Å². The second-order valence-corrected chi connectivity index (χ2v) is 6.81. The zero-order valence-electron chi connectivity index (χ0n) is 14.0. The minimum absolute atomic E-state index is 0.0375. The van der Waals surface area contributed by atoms with Crippen molar-refractivity contribution in [1.29, 1.82) is 0 Å². The number of rotatable bonds is 4. The molecule has 1 N–H and O–H groups in total. The van der Waals surface area contributed by atoms with Gasteiger partial charge in [0.2, 0.25) is 0 Å². The molecule has 2 aromatic rings. The van der Waals surface area contributed by atoms with Gasteiger partial charge in [0, 0.05) is 36.7 Å². The summed E-state index contributed by atoms with van der Waals surface area (Å²) in [7, 11) is 0. The van der Waals surface area contributed by atoms with Crippen molar-refractivity contribution in [2.45, 2.75) is 44.0 Å². The van der Waals surface area contributed by atoms with Gasteiger partial charge >= 0.3 is 6.18 Å². The second-order valence-electron chi connectivity index (χ2n) is 6.81. The number of alkyl halides is 3. The Kier molecular flexibility index (Phi) is 4.52. The lowest BCUT2D eigenvalue weighted by molar-refractivity contribution is -0.141. The molecule has 1 saturated heterocycles. The van der Waals surface area contributed by atoms with Crippen molar-refractivity contribution < 1.29 is 17.9 Å². The van der Waals surface area contributed by atoms with Crippen LogP contribution in [0.4, 0.5) is 19.0 Å². The van der Waals surface area contributed by atoms with Gasteiger partial charge in [-0.05, 0) is 43.7 Å². The van der Waals surface area contributed by atoms with Gasteiger partial charge in [-0.25, -0.2) is 9.97 Å². The molecule has 0 bridgehead atoms. The fourth-order valence-corrected chi connectivity index (χ4v) is 3.26. The monoisotopic (exact) mass is 364 g/mol. The lowest BCUT2D eigenvalue weighted by Crippen LogP contribution is -2.35. The molecule has 5 nitrogen and oxygen atoms in total. The van der Waals surface area contributed by atoms with Crippen LogP contribution in [0.1, 0.15) is 31.4 Å². The van der Waals surface area contributed by atoms with Crippen molar-refractivity contribution in [1.82, 2.24) is 15.0 Å². The van der Waals surface area contributed by atoms with Gasteiger partial charge in [-0.3, -0.25) is 4.98 Å². The number of ether oxygens (including phenoxy) is 1. The molecule has 1 saturated carbocycles. The average Bonchev–Trinajstić information content (AvgIpc) is 3.47. The summed E-state index contributed by atoms with van der Waals surface area (Å²) in [5, 5.41) is 3.17. The quantitative estimate of drug-likeness (QED) is 0.891. The lowest BCUT2D eigenvalue weighted by Gasteiger charge is -2.30. The molecule has 8 heteroatoms. The summed E-state index contributed by atoms with van der Waals surface area (Å²) < 4.78 is 45.6.